The zero-order valence-corrected chi connectivity index (χ0v) is 11.8. The van der Waals surface area contributed by atoms with Crippen molar-refractivity contribution in [1.29, 1.82) is 0 Å². The number of amides is 1. The Labute approximate surface area is 117 Å². The van der Waals surface area contributed by atoms with Gasteiger partial charge in [-0.15, -0.1) is 0 Å². The molecule has 3 heteroatoms. The molecule has 0 radical (unpaired) electrons. The molecule has 0 unspecified atom stereocenters. The summed E-state index contributed by atoms with van der Waals surface area (Å²) < 4.78 is 0. The highest BCUT2D eigenvalue weighted by molar-refractivity contribution is 7.08. The van der Waals surface area contributed by atoms with Gasteiger partial charge < -0.3 is 5.32 Å². The zero-order valence-electron chi connectivity index (χ0n) is 11.0. The highest BCUT2D eigenvalue weighted by Gasteiger charge is 2.44. The van der Waals surface area contributed by atoms with Crippen LogP contribution in [0.15, 0.2) is 41.1 Å². The average Bonchev–Trinajstić information content (AvgIpc) is 3.00. The van der Waals surface area contributed by atoms with Gasteiger partial charge in [-0.3, -0.25) is 4.79 Å². The molecule has 2 aromatic rings. The Balaban J connectivity index is 1.68. The molecule has 19 heavy (non-hydrogen) atoms. The van der Waals surface area contributed by atoms with E-state index < -0.39 is 0 Å². The van der Waals surface area contributed by atoms with Crippen molar-refractivity contribution in [2.75, 3.05) is 6.54 Å². The average molecular weight is 271 g/mol. The molecule has 1 aromatic carbocycles. The summed E-state index contributed by atoms with van der Waals surface area (Å²) in [4.78, 5) is 12.2. The lowest BCUT2D eigenvalue weighted by atomic mass is 9.99. The minimum Gasteiger partial charge on any atom is -0.351 e. The summed E-state index contributed by atoms with van der Waals surface area (Å²) in [5.74, 6) is 0.0413. The molecule has 1 aromatic heterocycles. The van der Waals surface area contributed by atoms with Crippen molar-refractivity contribution in [3.63, 3.8) is 0 Å². The topological polar surface area (TPSA) is 29.1 Å². The second-order valence-corrected chi connectivity index (χ2v) is 6.07. The van der Waals surface area contributed by atoms with Crippen LogP contribution in [0.2, 0.25) is 0 Å². The van der Waals surface area contributed by atoms with Crippen molar-refractivity contribution < 1.29 is 4.79 Å². The summed E-state index contributed by atoms with van der Waals surface area (Å²) >= 11 is 1.73. The van der Waals surface area contributed by atoms with Gasteiger partial charge in [0, 0.05) is 17.5 Å². The molecule has 0 aliphatic heterocycles. The number of thiophene rings is 1. The molecule has 98 valence electrons. The lowest BCUT2D eigenvalue weighted by molar-refractivity contribution is 0.0949. The Morgan fingerprint density at radius 1 is 1.32 bits per heavy atom. The molecule has 1 amide bonds. The maximum Gasteiger partial charge on any atom is 0.251 e. The highest BCUT2D eigenvalue weighted by atomic mass is 32.1. The number of hydrogen-bond acceptors (Lipinski definition) is 2. The van der Waals surface area contributed by atoms with Gasteiger partial charge in [0.05, 0.1) is 0 Å². The smallest absolute Gasteiger partial charge is 0.251 e. The number of benzene rings is 1. The van der Waals surface area contributed by atoms with Gasteiger partial charge in [0.15, 0.2) is 0 Å². The molecule has 0 bridgehead atoms. The van der Waals surface area contributed by atoms with Crippen molar-refractivity contribution in [1.82, 2.24) is 5.32 Å². The largest absolute Gasteiger partial charge is 0.351 e. The van der Waals surface area contributed by atoms with Gasteiger partial charge in [0.25, 0.3) is 5.91 Å². The van der Waals surface area contributed by atoms with Gasteiger partial charge in [-0.05, 0) is 53.8 Å². The predicted octanol–water partition coefficient (Wildman–Crippen LogP) is 3.52. The lowest BCUT2D eigenvalue weighted by Gasteiger charge is -2.15. The van der Waals surface area contributed by atoms with Crippen molar-refractivity contribution >= 4 is 17.2 Å². The molecule has 1 saturated carbocycles. The zero-order chi connectivity index (χ0) is 13.3. The normalized spacial score (nSPS) is 16.1. The van der Waals surface area contributed by atoms with E-state index in [1.165, 1.54) is 18.4 Å². The van der Waals surface area contributed by atoms with Gasteiger partial charge in [0.1, 0.15) is 0 Å². The van der Waals surface area contributed by atoms with E-state index >= 15 is 0 Å². The SMILES string of the molecule is Cc1ccccc1C(=O)NCC1(c2ccsc2)CC1. The standard InChI is InChI=1S/C16H17NOS/c1-12-4-2-3-5-14(12)15(18)17-11-16(7-8-16)13-6-9-19-10-13/h2-6,9-10H,7-8,11H2,1H3,(H,17,18). The first kappa shape index (κ1) is 12.4. The van der Waals surface area contributed by atoms with Crippen molar-refractivity contribution in [3.8, 4) is 0 Å². The molecule has 1 N–H and O–H groups in total. The molecule has 1 aliphatic carbocycles. The quantitative estimate of drug-likeness (QED) is 0.905. The van der Waals surface area contributed by atoms with Gasteiger partial charge in [-0.2, -0.15) is 11.3 Å². The third-order valence-corrected chi connectivity index (χ3v) is 4.65. The van der Waals surface area contributed by atoms with Gasteiger partial charge >= 0.3 is 0 Å². The Morgan fingerprint density at radius 2 is 2.11 bits per heavy atom. The first-order chi connectivity index (χ1) is 9.21. The van der Waals surface area contributed by atoms with Crippen LogP contribution in [-0.2, 0) is 5.41 Å². The molecule has 2 nitrogen and oxygen atoms in total. The van der Waals surface area contributed by atoms with E-state index in [1.54, 1.807) is 11.3 Å². The van der Waals surface area contributed by atoms with Crippen LogP contribution in [0.4, 0.5) is 0 Å². The predicted molar refractivity (Wildman–Crippen MR) is 78.7 cm³/mol. The number of nitrogens with one attached hydrogen (secondary N) is 1. The molecule has 1 aliphatic rings. The molecule has 0 saturated heterocycles. The van der Waals surface area contributed by atoms with Crippen LogP contribution in [0, 0.1) is 6.92 Å². The van der Waals surface area contributed by atoms with E-state index in [9.17, 15) is 4.79 Å². The van der Waals surface area contributed by atoms with Crippen LogP contribution >= 0.6 is 11.3 Å². The number of carbonyl (C=O) groups is 1. The van der Waals surface area contributed by atoms with Crippen molar-refractivity contribution in [2.45, 2.75) is 25.2 Å². The van der Waals surface area contributed by atoms with Crippen molar-refractivity contribution in [2.24, 2.45) is 0 Å². The summed E-state index contributed by atoms with van der Waals surface area (Å²) in [7, 11) is 0. The van der Waals surface area contributed by atoms with Crippen LogP contribution in [-0.4, -0.2) is 12.5 Å². The molecule has 0 spiro atoms. The van der Waals surface area contributed by atoms with E-state index in [0.29, 0.717) is 0 Å². The van der Waals surface area contributed by atoms with Crippen LogP contribution in [0.1, 0.15) is 34.3 Å². The van der Waals surface area contributed by atoms with E-state index in [1.807, 2.05) is 31.2 Å². The van der Waals surface area contributed by atoms with E-state index in [-0.39, 0.29) is 11.3 Å². The van der Waals surface area contributed by atoms with Gasteiger partial charge in [-0.25, -0.2) is 0 Å². The maximum absolute atomic E-state index is 12.2. The Kier molecular flexibility index (Phi) is 3.15. The molecule has 0 atom stereocenters. The van der Waals surface area contributed by atoms with Crippen LogP contribution < -0.4 is 5.32 Å². The fraction of sp³-hybridized carbons (Fsp3) is 0.312. The monoisotopic (exact) mass is 271 g/mol. The summed E-state index contributed by atoms with van der Waals surface area (Å²) in [6, 6.07) is 9.90. The molecule has 1 fully saturated rings. The first-order valence-corrected chi connectivity index (χ1v) is 7.52. The molecule has 1 heterocycles. The first-order valence-electron chi connectivity index (χ1n) is 6.58. The fourth-order valence-corrected chi connectivity index (χ4v) is 3.24. The Morgan fingerprint density at radius 3 is 2.74 bits per heavy atom. The van der Waals surface area contributed by atoms with Crippen LogP contribution in [0.5, 0.6) is 0 Å². The minimum atomic E-state index is 0.0413. The number of carbonyl (C=O) groups excluding carboxylic acids is 1. The van der Waals surface area contributed by atoms with Crippen molar-refractivity contribution in [3.05, 3.63) is 57.8 Å². The van der Waals surface area contributed by atoms with Crippen LogP contribution in [0.25, 0.3) is 0 Å². The Hall–Kier alpha value is -1.61. The fourth-order valence-electron chi connectivity index (χ4n) is 2.46. The Bertz CT molecular complexity index is 585. The van der Waals surface area contributed by atoms with Gasteiger partial charge in [0.2, 0.25) is 0 Å². The number of hydrogen-bond donors (Lipinski definition) is 1. The maximum atomic E-state index is 12.2. The summed E-state index contributed by atoms with van der Waals surface area (Å²) in [5, 5.41) is 7.41. The number of aryl methyl sites for hydroxylation is 1. The third kappa shape index (κ3) is 2.43. The second kappa shape index (κ2) is 4.82. The summed E-state index contributed by atoms with van der Waals surface area (Å²) in [5.41, 5.74) is 3.39. The number of rotatable bonds is 4. The third-order valence-electron chi connectivity index (χ3n) is 3.96. The molecular formula is C16H17NOS. The molecule has 3 rings (SSSR count). The van der Waals surface area contributed by atoms with E-state index in [2.05, 4.69) is 22.1 Å². The van der Waals surface area contributed by atoms with Crippen LogP contribution in [0.3, 0.4) is 0 Å². The molecular weight excluding hydrogens is 254 g/mol. The summed E-state index contributed by atoms with van der Waals surface area (Å²) in [6.45, 7) is 2.72. The lowest BCUT2D eigenvalue weighted by Crippen LogP contribution is -2.32. The second-order valence-electron chi connectivity index (χ2n) is 5.29. The highest BCUT2D eigenvalue weighted by Crippen LogP contribution is 2.48. The van der Waals surface area contributed by atoms with Gasteiger partial charge in [-0.1, -0.05) is 18.2 Å². The summed E-state index contributed by atoms with van der Waals surface area (Å²) in [6.07, 6.45) is 2.36. The minimum absolute atomic E-state index is 0.0413. The van der Waals surface area contributed by atoms with E-state index in [4.69, 9.17) is 0 Å². The van der Waals surface area contributed by atoms with E-state index in [0.717, 1.165) is 17.7 Å².